The quantitative estimate of drug-likeness (QED) is 0.718. The zero-order chi connectivity index (χ0) is 8.36. The monoisotopic (exact) mass is 204 g/mol. The minimum absolute atomic E-state index is 0.418. The summed E-state index contributed by atoms with van der Waals surface area (Å²) in [5.74, 6) is -1.31. The molecule has 0 aromatic heterocycles. The third kappa shape index (κ3) is 2.19. The number of rotatable bonds is 3. The Balaban J connectivity index is 4.23. The summed E-state index contributed by atoms with van der Waals surface area (Å²) in [6.07, 6.45) is 0.418. The van der Waals surface area contributed by atoms with E-state index in [9.17, 15) is 4.79 Å². The van der Waals surface area contributed by atoms with Gasteiger partial charge in [-0.1, -0.05) is 30.1 Å². The van der Waals surface area contributed by atoms with Crippen molar-refractivity contribution in [3.63, 3.8) is 0 Å². The summed E-state index contributed by atoms with van der Waals surface area (Å²) in [4.78, 5) is 10.3. The molecule has 1 N–H and O–H groups in total. The Bertz CT molecular complexity index is 135. The van der Waals surface area contributed by atoms with E-state index in [0.717, 1.165) is 0 Å². The lowest BCUT2D eigenvalue weighted by Crippen LogP contribution is -2.35. The second-order valence-corrected chi connectivity index (χ2v) is 3.72. The average Bonchev–Trinajstić information content (AvgIpc) is 1.86. The maximum Gasteiger partial charge on any atom is 0.341 e. The Hall–Kier alpha value is 0.340. The molecule has 0 aliphatic rings. The van der Waals surface area contributed by atoms with Gasteiger partial charge >= 0.3 is 5.97 Å². The fraction of sp³-hybridized carbons (Fsp3) is 0.800. The van der Waals surface area contributed by atoms with Crippen molar-refractivity contribution < 1.29 is 9.90 Å². The third-order valence-corrected chi connectivity index (χ3v) is 2.75. The molecule has 1 atom stereocenters. The van der Waals surface area contributed by atoms with E-state index in [1.54, 1.807) is 6.92 Å². The van der Waals surface area contributed by atoms with Crippen LogP contribution >= 0.6 is 34.8 Å². The lowest BCUT2D eigenvalue weighted by molar-refractivity contribution is -0.137. The van der Waals surface area contributed by atoms with Crippen LogP contribution in [0, 0.1) is 0 Å². The van der Waals surface area contributed by atoms with Crippen molar-refractivity contribution in [2.24, 2.45) is 0 Å². The van der Waals surface area contributed by atoms with Crippen molar-refractivity contribution in [3.8, 4) is 0 Å². The van der Waals surface area contributed by atoms with Crippen molar-refractivity contribution in [2.75, 3.05) is 0 Å². The van der Waals surface area contributed by atoms with Crippen molar-refractivity contribution in [1.29, 1.82) is 0 Å². The molecule has 0 heterocycles. The highest BCUT2D eigenvalue weighted by molar-refractivity contribution is 6.60. The lowest BCUT2D eigenvalue weighted by atomic mass is 10.2. The largest absolute Gasteiger partial charge is 0.479 e. The van der Waals surface area contributed by atoms with E-state index in [2.05, 4.69) is 0 Å². The van der Waals surface area contributed by atoms with Crippen LogP contribution in [-0.2, 0) is 4.79 Å². The number of hydrogen-bond acceptors (Lipinski definition) is 1. The molecular formula is C5H7Cl3O2. The predicted molar refractivity (Wildman–Crippen MR) is 42.0 cm³/mol. The normalized spacial score (nSPS) is 14.8. The molecule has 0 rings (SSSR count). The molecule has 0 radical (unpaired) electrons. The summed E-state index contributed by atoms with van der Waals surface area (Å²) in [5.41, 5.74) is 0. The van der Waals surface area contributed by atoms with Gasteiger partial charge in [0.25, 0.3) is 0 Å². The van der Waals surface area contributed by atoms with E-state index >= 15 is 0 Å². The Labute approximate surface area is 74.1 Å². The second kappa shape index (κ2) is 3.65. The molecule has 0 spiro atoms. The molecule has 5 heteroatoms. The number of hydrogen-bond donors (Lipinski definition) is 1. The van der Waals surface area contributed by atoms with Crippen LogP contribution < -0.4 is 0 Å². The van der Waals surface area contributed by atoms with Crippen LogP contribution in [0.5, 0.6) is 0 Å². The maximum atomic E-state index is 10.3. The summed E-state index contributed by atoms with van der Waals surface area (Å²) in [6, 6.07) is 0. The van der Waals surface area contributed by atoms with E-state index < -0.39 is 15.7 Å². The van der Waals surface area contributed by atoms with Gasteiger partial charge in [0.1, 0.15) is 0 Å². The first kappa shape index (κ1) is 10.3. The van der Waals surface area contributed by atoms with Crippen LogP contribution in [-0.4, -0.2) is 20.8 Å². The predicted octanol–water partition coefficient (Wildman–Crippen LogP) is 2.26. The Morgan fingerprint density at radius 2 is 2.10 bits per heavy atom. The van der Waals surface area contributed by atoms with Gasteiger partial charge in [-0.2, -0.15) is 0 Å². The minimum Gasteiger partial charge on any atom is -0.479 e. The first-order chi connectivity index (χ1) is 4.42. The van der Waals surface area contributed by atoms with Gasteiger partial charge in [-0.05, 0) is 6.42 Å². The number of aliphatic carboxylic acids is 1. The molecule has 0 saturated carbocycles. The van der Waals surface area contributed by atoms with Gasteiger partial charge in [0.2, 0.25) is 4.33 Å². The number of alkyl halides is 3. The Morgan fingerprint density at radius 3 is 2.20 bits per heavy atom. The van der Waals surface area contributed by atoms with Gasteiger partial charge in [0, 0.05) is 0 Å². The molecule has 0 amide bonds. The summed E-state index contributed by atoms with van der Waals surface area (Å²) in [7, 11) is 0. The first-order valence-corrected chi connectivity index (χ1v) is 3.87. The van der Waals surface area contributed by atoms with E-state index in [0.29, 0.717) is 6.42 Å². The van der Waals surface area contributed by atoms with Crippen LogP contribution in [0.25, 0.3) is 0 Å². The van der Waals surface area contributed by atoms with Gasteiger partial charge in [-0.3, -0.25) is 0 Å². The van der Waals surface area contributed by atoms with E-state index in [1.165, 1.54) is 0 Å². The molecule has 10 heavy (non-hydrogen) atoms. The van der Waals surface area contributed by atoms with Gasteiger partial charge < -0.3 is 5.11 Å². The topological polar surface area (TPSA) is 37.3 Å². The summed E-state index contributed by atoms with van der Waals surface area (Å²) in [5, 5.41) is 7.64. The van der Waals surface area contributed by atoms with Crippen molar-refractivity contribution in [2.45, 2.75) is 23.1 Å². The highest BCUT2D eigenvalue weighted by Crippen LogP contribution is 2.31. The molecule has 2 nitrogen and oxygen atoms in total. The zero-order valence-electron chi connectivity index (χ0n) is 5.27. The highest BCUT2D eigenvalue weighted by atomic mass is 35.5. The highest BCUT2D eigenvalue weighted by Gasteiger charge is 2.40. The van der Waals surface area contributed by atoms with Crippen molar-refractivity contribution >= 4 is 40.8 Å². The Morgan fingerprint density at radius 1 is 1.70 bits per heavy atom. The molecule has 0 saturated heterocycles. The van der Waals surface area contributed by atoms with Crippen LogP contribution in [0.2, 0.25) is 0 Å². The third-order valence-electron chi connectivity index (χ3n) is 1.04. The molecule has 0 aliphatic heterocycles. The van der Waals surface area contributed by atoms with E-state index in [4.69, 9.17) is 39.9 Å². The number of carbonyl (C=O) groups is 1. The van der Waals surface area contributed by atoms with Crippen LogP contribution in [0.4, 0.5) is 0 Å². The number of carboxylic acids is 1. The summed E-state index contributed by atoms with van der Waals surface area (Å²) in [6.45, 7) is 1.71. The van der Waals surface area contributed by atoms with Gasteiger partial charge in [0.15, 0.2) is 0 Å². The van der Waals surface area contributed by atoms with Gasteiger partial charge in [-0.25, -0.2) is 4.79 Å². The van der Waals surface area contributed by atoms with Crippen LogP contribution in [0.3, 0.4) is 0 Å². The number of carboxylic acid groups (broad SMARTS) is 1. The summed E-state index contributed by atoms with van der Waals surface area (Å²) < 4.78 is -1.86. The smallest absolute Gasteiger partial charge is 0.341 e. The van der Waals surface area contributed by atoms with Crippen LogP contribution in [0.1, 0.15) is 13.3 Å². The molecule has 0 fully saturated rings. The van der Waals surface area contributed by atoms with E-state index in [1.807, 2.05) is 0 Å². The molecule has 60 valence electrons. The molecule has 1 unspecified atom stereocenters. The van der Waals surface area contributed by atoms with Gasteiger partial charge in [0.05, 0.1) is 5.38 Å². The lowest BCUT2D eigenvalue weighted by Gasteiger charge is -2.18. The molecule has 0 aliphatic carbocycles. The number of halogens is 3. The van der Waals surface area contributed by atoms with Gasteiger partial charge in [-0.15, -0.1) is 11.6 Å². The van der Waals surface area contributed by atoms with E-state index in [-0.39, 0.29) is 0 Å². The van der Waals surface area contributed by atoms with Crippen molar-refractivity contribution in [3.05, 3.63) is 0 Å². The average molecular weight is 205 g/mol. The SMILES string of the molecule is CCC(Cl)C(Cl)(Cl)C(=O)O. The maximum absolute atomic E-state index is 10.3. The fourth-order valence-corrected chi connectivity index (χ4v) is 0.792. The molecule has 0 bridgehead atoms. The van der Waals surface area contributed by atoms with Crippen molar-refractivity contribution in [1.82, 2.24) is 0 Å². The standard InChI is InChI=1S/C5H7Cl3O2/c1-2-3(6)5(7,8)4(9)10/h3H,2H2,1H3,(H,9,10). The Kier molecular flexibility index (Phi) is 3.77. The van der Waals surface area contributed by atoms with Crippen LogP contribution in [0.15, 0.2) is 0 Å². The molecule has 0 aromatic carbocycles. The minimum atomic E-state index is -1.86. The first-order valence-electron chi connectivity index (χ1n) is 2.68. The molecular weight excluding hydrogens is 198 g/mol. The fourth-order valence-electron chi connectivity index (χ4n) is 0.390. The zero-order valence-corrected chi connectivity index (χ0v) is 7.54. The second-order valence-electron chi connectivity index (χ2n) is 1.80. The summed E-state index contributed by atoms with van der Waals surface area (Å²) >= 11 is 16.2. The molecule has 0 aromatic rings.